The molecule has 0 saturated heterocycles. The average Bonchev–Trinajstić information content (AvgIpc) is 3.33. The summed E-state index contributed by atoms with van der Waals surface area (Å²) >= 11 is 0. The molecule has 9 heteroatoms. The molecule has 2 heterocycles. The highest BCUT2D eigenvalue weighted by Crippen LogP contribution is 2.32. The second-order valence-corrected chi connectivity index (χ2v) is 6.77. The molecular formula is C21H20N2O7. The summed E-state index contributed by atoms with van der Waals surface area (Å²) in [6, 6.07) is 12.3. The summed E-state index contributed by atoms with van der Waals surface area (Å²) in [5, 5.41) is 2.72. The van der Waals surface area contributed by atoms with E-state index in [1.165, 1.54) is 11.5 Å². The number of amides is 1. The van der Waals surface area contributed by atoms with Gasteiger partial charge in [-0.15, -0.1) is 0 Å². The molecule has 3 aromatic rings. The first kappa shape index (κ1) is 19.6. The fraction of sp³-hybridized carbons (Fsp3) is 0.286. The molecule has 1 aliphatic rings. The Morgan fingerprint density at radius 2 is 1.97 bits per heavy atom. The van der Waals surface area contributed by atoms with Crippen LogP contribution in [0.5, 0.6) is 11.5 Å². The third-order valence-electron chi connectivity index (χ3n) is 4.69. The van der Waals surface area contributed by atoms with E-state index in [0.29, 0.717) is 22.6 Å². The first-order valence-corrected chi connectivity index (χ1v) is 9.45. The zero-order chi connectivity index (χ0) is 21.1. The molecule has 1 aliphatic heterocycles. The average molecular weight is 412 g/mol. The van der Waals surface area contributed by atoms with Crippen molar-refractivity contribution >= 4 is 23.0 Å². The second-order valence-electron chi connectivity index (χ2n) is 6.77. The van der Waals surface area contributed by atoms with Gasteiger partial charge in [0.15, 0.2) is 23.2 Å². The van der Waals surface area contributed by atoms with Crippen LogP contribution >= 0.6 is 0 Å². The van der Waals surface area contributed by atoms with Crippen LogP contribution in [-0.4, -0.2) is 29.3 Å². The van der Waals surface area contributed by atoms with Crippen LogP contribution in [0.4, 0.5) is 0 Å². The number of esters is 1. The molecule has 4 rings (SSSR count). The van der Waals surface area contributed by atoms with Gasteiger partial charge in [0.1, 0.15) is 0 Å². The van der Waals surface area contributed by atoms with Crippen molar-refractivity contribution in [3.63, 3.8) is 0 Å². The van der Waals surface area contributed by atoms with E-state index < -0.39 is 23.7 Å². The Hall–Kier alpha value is -3.75. The number of aryl methyl sites for hydroxylation is 1. The number of nitrogens with zero attached hydrogens (tertiary/aromatic N) is 1. The number of oxazole rings is 1. The maximum Gasteiger partial charge on any atom is 0.419 e. The first-order chi connectivity index (χ1) is 14.5. The standard InChI is InChI=1S/C21H20N2O7/c1-13(20(25)22-11-14-6-7-17-18(10-14)28-12-27-17)29-19(24)8-9-23-15-4-2-3-5-16(15)30-21(23)26/h2-7,10,13H,8-9,11-12H2,1H3,(H,22,25)/t13-/m0/s1. The van der Waals surface area contributed by atoms with Gasteiger partial charge in [0.2, 0.25) is 6.79 Å². The van der Waals surface area contributed by atoms with E-state index in [-0.39, 0.29) is 26.3 Å². The molecule has 9 nitrogen and oxygen atoms in total. The van der Waals surface area contributed by atoms with Crippen LogP contribution < -0.4 is 20.5 Å². The summed E-state index contributed by atoms with van der Waals surface area (Å²) in [7, 11) is 0. The lowest BCUT2D eigenvalue weighted by atomic mass is 10.2. The van der Waals surface area contributed by atoms with Crippen LogP contribution in [0.15, 0.2) is 51.7 Å². The largest absolute Gasteiger partial charge is 0.454 e. The summed E-state index contributed by atoms with van der Waals surface area (Å²) in [6.45, 7) is 2.03. The Bertz CT molecular complexity index is 1150. The molecule has 0 radical (unpaired) electrons. The molecule has 1 atom stereocenters. The highest BCUT2D eigenvalue weighted by molar-refractivity contribution is 5.83. The quantitative estimate of drug-likeness (QED) is 0.591. The zero-order valence-corrected chi connectivity index (χ0v) is 16.3. The number of benzene rings is 2. The van der Waals surface area contributed by atoms with Gasteiger partial charge in [0.05, 0.1) is 11.9 Å². The maximum absolute atomic E-state index is 12.2. The number of hydrogen-bond donors (Lipinski definition) is 1. The molecule has 0 spiro atoms. The SMILES string of the molecule is C[C@H](OC(=O)CCn1c(=O)oc2ccccc21)C(=O)NCc1ccc2c(c1)OCO2. The summed E-state index contributed by atoms with van der Waals surface area (Å²) in [4.78, 5) is 36.3. The van der Waals surface area contributed by atoms with Gasteiger partial charge in [-0.05, 0) is 36.8 Å². The number of rotatable bonds is 7. The van der Waals surface area contributed by atoms with Crippen molar-refractivity contribution in [1.82, 2.24) is 9.88 Å². The predicted octanol–water partition coefficient (Wildman–Crippen LogP) is 1.96. The Kier molecular flexibility index (Phi) is 5.42. The molecule has 0 saturated carbocycles. The minimum atomic E-state index is -0.968. The molecular weight excluding hydrogens is 392 g/mol. The van der Waals surface area contributed by atoms with Gasteiger partial charge in [0, 0.05) is 13.1 Å². The lowest BCUT2D eigenvalue weighted by molar-refractivity contribution is -0.155. The monoisotopic (exact) mass is 412 g/mol. The van der Waals surface area contributed by atoms with E-state index in [0.717, 1.165) is 5.56 Å². The minimum absolute atomic E-state index is 0.0663. The van der Waals surface area contributed by atoms with Crippen LogP contribution in [0.1, 0.15) is 18.9 Å². The van der Waals surface area contributed by atoms with E-state index in [1.807, 2.05) is 6.07 Å². The van der Waals surface area contributed by atoms with Crippen molar-refractivity contribution in [3.8, 4) is 11.5 Å². The predicted molar refractivity (Wildman–Crippen MR) is 105 cm³/mol. The second kappa shape index (κ2) is 8.32. The van der Waals surface area contributed by atoms with Crippen molar-refractivity contribution < 1.29 is 28.2 Å². The van der Waals surface area contributed by atoms with Gasteiger partial charge in [-0.2, -0.15) is 0 Å². The third-order valence-corrected chi connectivity index (χ3v) is 4.69. The third kappa shape index (κ3) is 4.14. The normalized spacial score (nSPS) is 13.2. The first-order valence-electron chi connectivity index (χ1n) is 9.45. The van der Waals surface area contributed by atoms with Crippen LogP contribution in [0.25, 0.3) is 11.1 Å². The van der Waals surface area contributed by atoms with Crippen LogP contribution in [0.3, 0.4) is 0 Å². The van der Waals surface area contributed by atoms with Gasteiger partial charge in [0.25, 0.3) is 5.91 Å². The number of para-hydroxylation sites is 2. The highest BCUT2D eigenvalue weighted by atomic mass is 16.7. The molecule has 1 aromatic heterocycles. The molecule has 1 N–H and O–H groups in total. The molecule has 0 aliphatic carbocycles. The van der Waals surface area contributed by atoms with E-state index in [2.05, 4.69) is 5.32 Å². The van der Waals surface area contributed by atoms with E-state index in [1.54, 1.807) is 36.4 Å². The number of aromatic nitrogens is 1. The Balaban J connectivity index is 1.27. The van der Waals surface area contributed by atoms with Crippen molar-refractivity contribution in [2.24, 2.45) is 0 Å². The molecule has 30 heavy (non-hydrogen) atoms. The van der Waals surface area contributed by atoms with Crippen molar-refractivity contribution in [2.45, 2.75) is 32.5 Å². The van der Waals surface area contributed by atoms with E-state index in [9.17, 15) is 14.4 Å². The number of hydrogen-bond acceptors (Lipinski definition) is 7. The van der Waals surface area contributed by atoms with Gasteiger partial charge < -0.3 is 23.9 Å². The fourth-order valence-corrected chi connectivity index (χ4v) is 3.12. The summed E-state index contributed by atoms with van der Waals surface area (Å²) in [5.74, 6) is -0.261. The fourth-order valence-electron chi connectivity index (χ4n) is 3.12. The van der Waals surface area contributed by atoms with E-state index >= 15 is 0 Å². The molecule has 0 bridgehead atoms. The molecule has 2 aromatic carbocycles. The topological polar surface area (TPSA) is 109 Å². The molecule has 0 fully saturated rings. The Morgan fingerprint density at radius 1 is 1.17 bits per heavy atom. The number of ether oxygens (including phenoxy) is 3. The van der Waals surface area contributed by atoms with Crippen molar-refractivity contribution in [2.75, 3.05) is 6.79 Å². The minimum Gasteiger partial charge on any atom is -0.454 e. The van der Waals surface area contributed by atoms with Crippen LogP contribution in [-0.2, 0) is 27.4 Å². The number of nitrogens with one attached hydrogen (secondary N) is 1. The van der Waals surface area contributed by atoms with Crippen LogP contribution in [0.2, 0.25) is 0 Å². The smallest absolute Gasteiger partial charge is 0.419 e. The molecule has 156 valence electrons. The number of carbonyl (C=O) groups excluding carboxylic acids is 2. The van der Waals surface area contributed by atoms with Gasteiger partial charge in [-0.25, -0.2) is 4.79 Å². The number of fused-ring (bicyclic) bond motifs is 2. The number of carbonyl (C=O) groups is 2. The molecule has 1 amide bonds. The summed E-state index contributed by atoms with van der Waals surface area (Å²) in [6.07, 6.45) is -1.03. The van der Waals surface area contributed by atoms with Crippen molar-refractivity contribution in [3.05, 3.63) is 58.6 Å². The summed E-state index contributed by atoms with van der Waals surface area (Å²) in [5.41, 5.74) is 1.88. The Morgan fingerprint density at radius 3 is 2.83 bits per heavy atom. The van der Waals surface area contributed by atoms with Crippen molar-refractivity contribution in [1.29, 1.82) is 0 Å². The van der Waals surface area contributed by atoms with E-state index in [4.69, 9.17) is 18.6 Å². The summed E-state index contributed by atoms with van der Waals surface area (Å²) < 4.78 is 22.2. The van der Waals surface area contributed by atoms with Gasteiger partial charge in [-0.3, -0.25) is 14.2 Å². The van der Waals surface area contributed by atoms with Gasteiger partial charge in [-0.1, -0.05) is 18.2 Å². The van der Waals surface area contributed by atoms with Crippen LogP contribution in [0, 0.1) is 0 Å². The lowest BCUT2D eigenvalue weighted by Gasteiger charge is -2.14. The Labute approximate surface area is 171 Å². The lowest BCUT2D eigenvalue weighted by Crippen LogP contribution is -2.35. The van der Waals surface area contributed by atoms with Gasteiger partial charge >= 0.3 is 11.7 Å². The molecule has 0 unspecified atom stereocenters. The highest BCUT2D eigenvalue weighted by Gasteiger charge is 2.19. The zero-order valence-electron chi connectivity index (χ0n) is 16.3. The maximum atomic E-state index is 12.2.